The topological polar surface area (TPSA) is 91.0 Å². The third kappa shape index (κ3) is 4.74. The Bertz CT molecular complexity index is 938. The quantitative estimate of drug-likeness (QED) is 0.447. The van der Waals surface area contributed by atoms with Gasteiger partial charge in [-0.1, -0.05) is 0 Å². The van der Waals surface area contributed by atoms with Crippen molar-refractivity contribution in [1.82, 2.24) is 9.47 Å². The molecule has 0 aromatic carbocycles. The predicted octanol–water partition coefficient (Wildman–Crippen LogP) is 3.40. The molecule has 8 heteroatoms. The van der Waals surface area contributed by atoms with E-state index in [1.807, 2.05) is 13.8 Å². The average molecular weight is 431 g/mol. The molecule has 3 heterocycles. The first kappa shape index (κ1) is 22.8. The molecule has 2 aromatic rings. The van der Waals surface area contributed by atoms with Crippen LogP contribution in [0.5, 0.6) is 0 Å². The van der Waals surface area contributed by atoms with Crippen molar-refractivity contribution in [2.24, 2.45) is 0 Å². The molecule has 0 spiro atoms. The Morgan fingerprint density at radius 1 is 1.26 bits per heavy atom. The second-order valence-corrected chi connectivity index (χ2v) is 7.62. The summed E-state index contributed by atoms with van der Waals surface area (Å²) in [4.78, 5) is 40.4. The first-order valence-corrected chi connectivity index (χ1v) is 10.7. The van der Waals surface area contributed by atoms with Gasteiger partial charge in [0.25, 0.3) is 5.91 Å². The van der Waals surface area contributed by atoms with E-state index in [2.05, 4.69) is 0 Å². The van der Waals surface area contributed by atoms with Gasteiger partial charge in [-0.15, -0.1) is 0 Å². The van der Waals surface area contributed by atoms with Crippen molar-refractivity contribution in [1.29, 1.82) is 0 Å². The fourth-order valence-corrected chi connectivity index (χ4v) is 4.23. The number of aromatic nitrogens is 1. The molecule has 1 fully saturated rings. The maximum atomic E-state index is 13.4. The summed E-state index contributed by atoms with van der Waals surface area (Å²) in [5.74, 6) is -0.861. The van der Waals surface area contributed by atoms with Crippen molar-refractivity contribution in [3.63, 3.8) is 0 Å². The highest BCUT2D eigenvalue weighted by Gasteiger charge is 2.31. The fraction of sp³-hybridized carbons (Fsp3) is 0.522. The summed E-state index contributed by atoms with van der Waals surface area (Å²) in [6.07, 6.45) is 3.10. The number of carbonyl (C=O) groups is 3. The van der Waals surface area contributed by atoms with Gasteiger partial charge < -0.3 is 23.4 Å². The lowest BCUT2D eigenvalue weighted by atomic mass is 10.0. The normalized spacial score (nSPS) is 15.8. The van der Waals surface area contributed by atoms with E-state index in [1.165, 1.54) is 11.2 Å². The van der Waals surface area contributed by atoms with Crippen molar-refractivity contribution in [3.8, 4) is 0 Å². The van der Waals surface area contributed by atoms with Crippen LogP contribution >= 0.6 is 0 Å². The van der Waals surface area contributed by atoms with Crippen LogP contribution in [-0.2, 0) is 16.0 Å². The van der Waals surface area contributed by atoms with Crippen LogP contribution in [-0.4, -0.2) is 59.5 Å². The standard InChI is InChI=1S/C23H30N2O6/c1-5-25-16(4)20(15(3)21(25)23(28)29-6-2)18(26)14-24(13-17-9-7-11-30-17)22(27)19-10-8-12-31-19/h8,10,12,17H,5-7,9,11,13-14H2,1-4H3/t17-/m1/s1. The number of ketones is 1. The monoisotopic (exact) mass is 430 g/mol. The van der Waals surface area contributed by atoms with E-state index in [0.717, 1.165) is 12.8 Å². The van der Waals surface area contributed by atoms with E-state index in [1.54, 1.807) is 30.5 Å². The number of amides is 1. The summed E-state index contributed by atoms with van der Waals surface area (Å²) in [6.45, 7) is 8.83. The molecule has 0 saturated carbocycles. The van der Waals surface area contributed by atoms with Crippen molar-refractivity contribution in [3.05, 3.63) is 46.7 Å². The largest absolute Gasteiger partial charge is 0.461 e. The molecule has 1 aliphatic rings. The SMILES string of the molecule is CCOC(=O)c1c(C)c(C(=O)CN(C[C@H]2CCCO2)C(=O)c2ccco2)c(C)n1CC. The third-order valence-corrected chi connectivity index (χ3v) is 5.63. The third-order valence-electron chi connectivity index (χ3n) is 5.63. The van der Waals surface area contributed by atoms with Crippen molar-refractivity contribution >= 4 is 17.7 Å². The van der Waals surface area contributed by atoms with Crippen molar-refractivity contribution in [2.75, 3.05) is 26.3 Å². The maximum Gasteiger partial charge on any atom is 0.355 e. The van der Waals surface area contributed by atoms with Crippen molar-refractivity contribution < 1.29 is 28.3 Å². The molecule has 1 aliphatic heterocycles. The zero-order valence-electron chi connectivity index (χ0n) is 18.6. The summed E-state index contributed by atoms with van der Waals surface area (Å²) in [6, 6.07) is 3.22. The van der Waals surface area contributed by atoms with E-state index in [-0.39, 0.29) is 36.7 Å². The number of carbonyl (C=O) groups excluding carboxylic acids is 3. The lowest BCUT2D eigenvalue weighted by molar-refractivity contribution is 0.0485. The summed E-state index contributed by atoms with van der Waals surface area (Å²) >= 11 is 0. The van der Waals surface area contributed by atoms with E-state index in [4.69, 9.17) is 13.9 Å². The van der Waals surface area contributed by atoms with Gasteiger partial charge in [0, 0.05) is 31.0 Å². The van der Waals surface area contributed by atoms with E-state index in [9.17, 15) is 14.4 Å². The number of rotatable bonds is 9. The average Bonchev–Trinajstić information content (AvgIpc) is 3.48. The van der Waals surface area contributed by atoms with Gasteiger partial charge in [-0.3, -0.25) is 9.59 Å². The minimum atomic E-state index is -0.452. The van der Waals surface area contributed by atoms with E-state index < -0.39 is 5.97 Å². The Morgan fingerprint density at radius 3 is 2.61 bits per heavy atom. The van der Waals surface area contributed by atoms with Gasteiger partial charge in [0.15, 0.2) is 11.5 Å². The number of hydrogen-bond acceptors (Lipinski definition) is 6. The van der Waals surface area contributed by atoms with E-state index >= 15 is 0 Å². The number of nitrogens with zero attached hydrogens (tertiary/aromatic N) is 2. The molecule has 168 valence electrons. The number of esters is 1. The minimum absolute atomic E-state index is 0.107. The van der Waals surface area contributed by atoms with Crippen LogP contribution in [0.1, 0.15) is 69.3 Å². The summed E-state index contributed by atoms with van der Waals surface area (Å²) in [7, 11) is 0. The lowest BCUT2D eigenvalue weighted by Gasteiger charge is -2.24. The molecule has 8 nitrogen and oxygen atoms in total. The van der Waals surface area contributed by atoms with Crippen molar-refractivity contribution in [2.45, 2.75) is 53.2 Å². The minimum Gasteiger partial charge on any atom is -0.461 e. The highest BCUT2D eigenvalue weighted by Crippen LogP contribution is 2.25. The Morgan fingerprint density at radius 2 is 2.03 bits per heavy atom. The second-order valence-electron chi connectivity index (χ2n) is 7.62. The van der Waals surface area contributed by atoms with Crippen LogP contribution in [0.2, 0.25) is 0 Å². The Kier molecular flexibility index (Phi) is 7.33. The molecular formula is C23H30N2O6. The van der Waals surface area contributed by atoms with Gasteiger partial charge in [0.05, 0.1) is 25.5 Å². The first-order chi connectivity index (χ1) is 14.9. The number of furan rings is 1. The van der Waals surface area contributed by atoms with Gasteiger partial charge in [0.1, 0.15) is 5.69 Å². The zero-order chi connectivity index (χ0) is 22.5. The molecule has 1 atom stereocenters. The molecule has 0 aliphatic carbocycles. The highest BCUT2D eigenvalue weighted by molar-refractivity contribution is 6.05. The Labute approximate surface area is 182 Å². The Hall–Kier alpha value is -2.87. The number of ether oxygens (including phenoxy) is 2. The number of Topliss-reactive ketones (excluding diaryl/α,β-unsaturated/α-hetero) is 1. The summed E-state index contributed by atoms with van der Waals surface area (Å²) in [5.41, 5.74) is 2.10. The second kappa shape index (κ2) is 9.96. The molecule has 3 rings (SSSR count). The molecule has 31 heavy (non-hydrogen) atoms. The van der Waals surface area contributed by atoms with Crippen LogP contribution < -0.4 is 0 Å². The molecule has 1 saturated heterocycles. The molecule has 2 aromatic heterocycles. The van der Waals surface area contributed by atoms with Gasteiger partial charge in [-0.05, 0) is 58.2 Å². The van der Waals surface area contributed by atoms with Gasteiger partial charge in [-0.25, -0.2) is 4.79 Å². The molecule has 0 unspecified atom stereocenters. The van der Waals surface area contributed by atoms with Crippen LogP contribution in [0.25, 0.3) is 0 Å². The van der Waals surface area contributed by atoms with Crippen LogP contribution in [0.4, 0.5) is 0 Å². The molecule has 0 radical (unpaired) electrons. The summed E-state index contributed by atoms with van der Waals surface area (Å²) < 4.78 is 17.9. The van der Waals surface area contributed by atoms with Gasteiger partial charge in [0.2, 0.25) is 0 Å². The smallest absolute Gasteiger partial charge is 0.355 e. The molecule has 0 bridgehead atoms. The van der Waals surface area contributed by atoms with Crippen LogP contribution in [0.15, 0.2) is 22.8 Å². The predicted molar refractivity (Wildman–Crippen MR) is 113 cm³/mol. The molecule has 0 N–H and O–H groups in total. The maximum absolute atomic E-state index is 13.4. The zero-order valence-corrected chi connectivity index (χ0v) is 18.6. The van der Waals surface area contributed by atoms with Gasteiger partial charge >= 0.3 is 5.97 Å². The highest BCUT2D eigenvalue weighted by atomic mass is 16.5. The lowest BCUT2D eigenvalue weighted by Crippen LogP contribution is -2.40. The molecule has 1 amide bonds. The van der Waals surface area contributed by atoms with Crippen LogP contribution in [0.3, 0.4) is 0 Å². The summed E-state index contributed by atoms with van der Waals surface area (Å²) in [5, 5.41) is 0. The molecular weight excluding hydrogens is 400 g/mol. The van der Waals surface area contributed by atoms with Gasteiger partial charge in [-0.2, -0.15) is 0 Å². The van der Waals surface area contributed by atoms with Crippen LogP contribution in [0, 0.1) is 13.8 Å². The fourth-order valence-electron chi connectivity index (χ4n) is 4.23. The first-order valence-electron chi connectivity index (χ1n) is 10.7. The number of hydrogen-bond donors (Lipinski definition) is 0. The Balaban J connectivity index is 1.90. The van der Waals surface area contributed by atoms with E-state index in [0.29, 0.717) is 42.2 Å².